The Bertz CT molecular complexity index is 512. The van der Waals surface area contributed by atoms with Gasteiger partial charge in [0, 0.05) is 10.0 Å². The molecule has 2 heteroatoms. The van der Waals surface area contributed by atoms with Crippen molar-refractivity contribution in [3.05, 3.63) is 58.6 Å². The Morgan fingerprint density at radius 2 is 1.67 bits per heavy atom. The van der Waals surface area contributed by atoms with Crippen molar-refractivity contribution in [2.75, 3.05) is 0 Å². The van der Waals surface area contributed by atoms with Gasteiger partial charge in [0.2, 0.25) is 0 Å². The summed E-state index contributed by atoms with van der Waals surface area (Å²) in [6.45, 7) is 0. The number of halogens is 1. The minimum Gasteiger partial charge on any atom is -0.192 e. The maximum atomic E-state index is 9.03. The number of nitriles is 1. The molecule has 0 aromatic heterocycles. The fourth-order valence-corrected chi connectivity index (χ4v) is 2.11. The number of rotatable bonds is 1. The Kier molecular flexibility index (Phi) is 2.84. The van der Waals surface area contributed by atoms with E-state index in [2.05, 4.69) is 22.0 Å². The standard InChI is InChI=1S/C13H8BrN/c14-12-8-4-7-11(9-15)13(12)10-5-2-1-3-6-10/h1-8H. The van der Waals surface area contributed by atoms with Gasteiger partial charge in [-0.2, -0.15) is 5.26 Å². The zero-order valence-electron chi connectivity index (χ0n) is 7.94. The minimum absolute atomic E-state index is 0.690. The third-order valence-electron chi connectivity index (χ3n) is 2.20. The molecule has 0 saturated carbocycles. The van der Waals surface area contributed by atoms with Crippen molar-refractivity contribution in [2.45, 2.75) is 0 Å². The Labute approximate surface area is 97.1 Å². The third kappa shape index (κ3) is 1.93. The average Bonchev–Trinajstić information content (AvgIpc) is 2.29. The first kappa shape index (κ1) is 9.95. The molecule has 0 unspecified atom stereocenters. The first-order valence-electron chi connectivity index (χ1n) is 4.57. The maximum absolute atomic E-state index is 9.03. The minimum atomic E-state index is 0.690. The van der Waals surface area contributed by atoms with Gasteiger partial charge in [0.15, 0.2) is 0 Å². The molecule has 0 aliphatic heterocycles. The molecule has 0 bridgehead atoms. The highest BCUT2D eigenvalue weighted by atomic mass is 79.9. The molecule has 0 spiro atoms. The third-order valence-corrected chi connectivity index (χ3v) is 2.86. The van der Waals surface area contributed by atoms with Gasteiger partial charge in [-0.1, -0.05) is 52.3 Å². The van der Waals surface area contributed by atoms with E-state index in [0.717, 1.165) is 15.6 Å². The SMILES string of the molecule is N#Cc1cccc(Br)c1-c1ccccc1. The number of hydrogen-bond donors (Lipinski definition) is 0. The van der Waals surface area contributed by atoms with Gasteiger partial charge in [-0.3, -0.25) is 0 Å². The van der Waals surface area contributed by atoms with Crippen LogP contribution in [0.5, 0.6) is 0 Å². The second-order valence-corrected chi connectivity index (χ2v) is 3.99. The van der Waals surface area contributed by atoms with Gasteiger partial charge in [-0.15, -0.1) is 0 Å². The highest BCUT2D eigenvalue weighted by Gasteiger charge is 2.07. The largest absolute Gasteiger partial charge is 0.192 e. The first-order valence-corrected chi connectivity index (χ1v) is 5.36. The van der Waals surface area contributed by atoms with E-state index in [1.807, 2.05) is 48.5 Å². The van der Waals surface area contributed by atoms with Crippen molar-refractivity contribution in [2.24, 2.45) is 0 Å². The lowest BCUT2D eigenvalue weighted by Crippen LogP contribution is -1.85. The second-order valence-electron chi connectivity index (χ2n) is 3.14. The fraction of sp³-hybridized carbons (Fsp3) is 0. The molecule has 1 nitrogen and oxygen atoms in total. The van der Waals surface area contributed by atoms with Crippen LogP contribution in [-0.2, 0) is 0 Å². The van der Waals surface area contributed by atoms with Crippen LogP contribution in [0.2, 0.25) is 0 Å². The van der Waals surface area contributed by atoms with Crippen LogP contribution in [-0.4, -0.2) is 0 Å². The number of benzene rings is 2. The summed E-state index contributed by atoms with van der Waals surface area (Å²) in [5.41, 5.74) is 2.71. The molecule has 15 heavy (non-hydrogen) atoms. The van der Waals surface area contributed by atoms with Gasteiger partial charge < -0.3 is 0 Å². The summed E-state index contributed by atoms with van der Waals surface area (Å²) in [6.07, 6.45) is 0. The molecule has 72 valence electrons. The van der Waals surface area contributed by atoms with Gasteiger partial charge in [0.05, 0.1) is 11.6 Å². The Hall–Kier alpha value is -1.59. The predicted molar refractivity (Wildman–Crippen MR) is 64.3 cm³/mol. The van der Waals surface area contributed by atoms with Crippen LogP contribution in [0.25, 0.3) is 11.1 Å². The number of nitrogens with zero attached hydrogens (tertiary/aromatic N) is 1. The molecule has 0 fully saturated rings. The molecule has 0 heterocycles. The summed E-state index contributed by atoms with van der Waals surface area (Å²) < 4.78 is 0.952. The summed E-state index contributed by atoms with van der Waals surface area (Å²) in [7, 11) is 0. The molecule has 2 aromatic rings. The van der Waals surface area contributed by atoms with Crippen LogP contribution in [0.4, 0.5) is 0 Å². The van der Waals surface area contributed by atoms with E-state index in [0.29, 0.717) is 5.56 Å². The summed E-state index contributed by atoms with van der Waals surface area (Å²) in [5, 5.41) is 9.03. The molecule has 0 aliphatic carbocycles. The zero-order valence-corrected chi connectivity index (χ0v) is 9.53. The van der Waals surface area contributed by atoms with Crippen molar-refractivity contribution >= 4 is 15.9 Å². The molecule has 0 aliphatic rings. The summed E-state index contributed by atoms with van der Waals surface area (Å²) >= 11 is 3.47. The first-order chi connectivity index (χ1) is 7.33. The van der Waals surface area contributed by atoms with E-state index < -0.39 is 0 Å². The Morgan fingerprint density at radius 1 is 0.933 bits per heavy atom. The Balaban J connectivity index is 2.68. The van der Waals surface area contributed by atoms with E-state index in [9.17, 15) is 0 Å². The van der Waals surface area contributed by atoms with Crippen molar-refractivity contribution < 1.29 is 0 Å². The van der Waals surface area contributed by atoms with Crippen molar-refractivity contribution in [1.82, 2.24) is 0 Å². The highest BCUT2D eigenvalue weighted by Crippen LogP contribution is 2.30. The van der Waals surface area contributed by atoms with Gasteiger partial charge in [-0.05, 0) is 17.7 Å². The van der Waals surface area contributed by atoms with Crippen LogP contribution < -0.4 is 0 Å². The van der Waals surface area contributed by atoms with Crippen LogP contribution >= 0.6 is 15.9 Å². The molecular formula is C13H8BrN. The predicted octanol–water partition coefficient (Wildman–Crippen LogP) is 3.99. The summed E-state index contributed by atoms with van der Waals surface area (Å²) in [4.78, 5) is 0. The normalized spacial score (nSPS) is 9.60. The van der Waals surface area contributed by atoms with Crippen molar-refractivity contribution in [3.63, 3.8) is 0 Å². The molecule has 0 saturated heterocycles. The topological polar surface area (TPSA) is 23.8 Å². The van der Waals surface area contributed by atoms with Crippen LogP contribution in [0.3, 0.4) is 0 Å². The lowest BCUT2D eigenvalue weighted by Gasteiger charge is -2.06. The lowest BCUT2D eigenvalue weighted by atomic mass is 10.0. The van der Waals surface area contributed by atoms with E-state index in [1.165, 1.54) is 0 Å². The van der Waals surface area contributed by atoms with Crippen molar-refractivity contribution in [3.8, 4) is 17.2 Å². The van der Waals surface area contributed by atoms with Crippen LogP contribution in [0, 0.1) is 11.3 Å². The average molecular weight is 258 g/mol. The molecule has 2 aromatic carbocycles. The van der Waals surface area contributed by atoms with E-state index in [4.69, 9.17) is 5.26 Å². The highest BCUT2D eigenvalue weighted by molar-refractivity contribution is 9.10. The molecule has 0 amide bonds. The van der Waals surface area contributed by atoms with Crippen LogP contribution in [0.15, 0.2) is 53.0 Å². The molecule has 2 rings (SSSR count). The zero-order chi connectivity index (χ0) is 10.7. The molecule has 0 radical (unpaired) electrons. The summed E-state index contributed by atoms with van der Waals surface area (Å²) in [5.74, 6) is 0. The summed E-state index contributed by atoms with van der Waals surface area (Å²) in [6, 6.07) is 17.8. The fourth-order valence-electron chi connectivity index (χ4n) is 1.52. The van der Waals surface area contributed by atoms with Gasteiger partial charge in [0.25, 0.3) is 0 Å². The van der Waals surface area contributed by atoms with E-state index in [-0.39, 0.29) is 0 Å². The van der Waals surface area contributed by atoms with Gasteiger partial charge in [-0.25, -0.2) is 0 Å². The smallest absolute Gasteiger partial charge is 0.0998 e. The second kappa shape index (κ2) is 4.29. The van der Waals surface area contributed by atoms with E-state index in [1.54, 1.807) is 0 Å². The maximum Gasteiger partial charge on any atom is 0.0998 e. The van der Waals surface area contributed by atoms with Crippen LogP contribution in [0.1, 0.15) is 5.56 Å². The van der Waals surface area contributed by atoms with E-state index >= 15 is 0 Å². The number of hydrogen-bond acceptors (Lipinski definition) is 1. The molecule has 0 atom stereocenters. The Morgan fingerprint density at radius 3 is 2.33 bits per heavy atom. The van der Waals surface area contributed by atoms with Crippen molar-refractivity contribution in [1.29, 1.82) is 5.26 Å². The monoisotopic (exact) mass is 257 g/mol. The lowest BCUT2D eigenvalue weighted by molar-refractivity contribution is 1.47. The van der Waals surface area contributed by atoms with Gasteiger partial charge in [0.1, 0.15) is 0 Å². The molecular weight excluding hydrogens is 250 g/mol. The quantitative estimate of drug-likeness (QED) is 0.758. The molecule has 0 N–H and O–H groups in total. The van der Waals surface area contributed by atoms with Gasteiger partial charge >= 0.3 is 0 Å².